The van der Waals surface area contributed by atoms with Crippen molar-refractivity contribution in [3.63, 3.8) is 0 Å². The van der Waals surface area contributed by atoms with E-state index < -0.39 is 23.7 Å². The first-order valence-electron chi connectivity index (χ1n) is 5.34. The van der Waals surface area contributed by atoms with Crippen molar-refractivity contribution in [1.82, 2.24) is 5.32 Å². The molecule has 0 spiro atoms. The Morgan fingerprint density at radius 2 is 1.82 bits per heavy atom. The summed E-state index contributed by atoms with van der Waals surface area (Å²) in [5.74, 6) is -0.851. The molecule has 0 aromatic rings. The largest absolute Gasteiger partial charge is 1.00 e. The number of alkyl carbamates (subject to hydrolysis) is 1. The van der Waals surface area contributed by atoms with E-state index in [2.05, 4.69) is 5.32 Å². The fourth-order valence-electron chi connectivity index (χ4n) is 1.14. The van der Waals surface area contributed by atoms with Crippen molar-refractivity contribution in [2.45, 2.75) is 52.7 Å². The van der Waals surface area contributed by atoms with Crippen LogP contribution in [0.15, 0.2) is 0 Å². The van der Waals surface area contributed by atoms with Crippen LogP contribution >= 0.6 is 0 Å². The van der Waals surface area contributed by atoms with Gasteiger partial charge in [-0.25, -0.2) is 9.59 Å². The molecule has 6 heteroatoms. The fourth-order valence-corrected chi connectivity index (χ4v) is 1.14. The average Bonchev–Trinajstić information content (AvgIpc) is 1.97. The number of hydrogen-bond acceptors (Lipinski definition) is 3. The number of carboxylic acid groups (broad SMARTS) is 1. The molecule has 0 saturated carbocycles. The molecule has 0 heterocycles. The van der Waals surface area contributed by atoms with E-state index >= 15 is 0 Å². The first kappa shape index (κ1) is 19.7. The molecule has 0 aliphatic heterocycles. The van der Waals surface area contributed by atoms with Crippen LogP contribution in [-0.2, 0) is 9.53 Å². The van der Waals surface area contributed by atoms with Crippen LogP contribution in [0.2, 0.25) is 0 Å². The number of nitrogens with one attached hydrogen (secondary N) is 1. The maximum atomic E-state index is 11.4. The van der Waals surface area contributed by atoms with E-state index in [-0.39, 0.29) is 58.7 Å². The Morgan fingerprint density at radius 3 is 2.12 bits per heavy atom. The van der Waals surface area contributed by atoms with E-state index in [9.17, 15) is 9.59 Å². The number of hydrogen-bond donors (Lipinski definition) is 2. The van der Waals surface area contributed by atoms with Crippen LogP contribution in [0.5, 0.6) is 0 Å². The molecule has 1 atom stereocenters. The number of aliphatic carboxylic acids is 1. The Morgan fingerprint density at radius 1 is 1.35 bits per heavy atom. The van der Waals surface area contributed by atoms with Crippen LogP contribution < -0.4 is 56.7 Å². The van der Waals surface area contributed by atoms with Crippen molar-refractivity contribution >= 4 is 12.1 Å². The van der Waals surface area contributed by atoms with Gasteiger partial charge in [0.15, 0.2) is 0 Å². The molecular weight excluding hydrogens is 249 g/mol. The summed E-state index contributed by atoms with van der Waals surface area (Å²) >= 11 is 0. The number of amides is 1. The Bertz CT molecular complexity index is 266. The first-order chi connectivity index (χ1) is 7.11. The van der Waals surface area contributed by atoms with Crippen molar-refractivity contribution in [1.29, 1.82) is 0 Å². The van der Waals surface area contributed by atoms with Crippen LogP contribution in [0.1, 0.15) is 42.5 Å². The van der Waals surface area contributed by atoms with E-state index in [0.717, 1.165) is 0 Å². The zero-order valence-corrected chi connectivity index (χ0v) is 14.7. The molecule has 2 N–H and O–H groups in total. The molecule has 5 nitrogen and oxygen atoms in total. The summed E-state index contributed by atoms with van der Waals surface area (Å²) < 4.78 is 4.99. The second-order valence-electron chi connectivity index (χ2n) is 5.17. The Labute approximate surface area is 147 Å². The van der Waals surface area contributed by atoms with Gasteiger partial charge in [-0.2, -0.15) is 0 Å². The molecule has 0 saturated heterocycles. The molecule has 0 aliphatic rings. The van der Waals surface area contributed by atoms with Crippen LogP contribution in [-0.4, -0.2) is 28.8 Å². The molecular formula is C11H22KNO4. The molecule has 0 radical (unpaired) electrons. The number of ether oxygens (including phenoxy) is 1. The van der Waals surface area contributed by atoms with Crippen molar-refractivity contribution in [2.24, 2.45) is 5.92 Å². The Hall–Kier alpha value is 0.376. The normalized spacial score (nSPS) is 12.6. The minimum Gasteiger partial charge on any atom is -1.00 e. The second kappa shape index (κ2) is 8.47. The van der Waals surface area contributed by atoms with E-state index in [1.807, 2.05) is 13.8 Å². The van der Waals surface area contributed by atoms with E-state index in [1.165, 1.54) is 0 Å². The quantitative estimate of drug-likeness (QED) is 0.652. The van der Waals surface area contributed by atoms with Gasteiger partial charge in [-0.1, -0.05) is 13.8 Å². The number of carboxylic acids is 1. The number of carbonyl (C=O) groups is 2. The predicted octanol–water partition coefficient (Wildman–Crippen LogP) is -0.873. The van der Waals surface area contributed by atoms with Crippen molar-refractivity contribution in [3.05, 3.63) is 0 Å². The Kier molecular flexibility index (Phi) is 9.82. The third-order valence-electron chi connectivity index (χ3n) is 1.70. The van der Waals surface area contributed by atoms with Crippen molar-refractivity contribution in [3.8, 4) is 0 Å². The smallest absolute Gasteiger partial charge is 1.00 e. The van der Waals surface area contributed by atoms with Gasteiger partial charge in [0.05, 0.1) is 0 Å². The molecule has 0 aromatic heterocycles. The third kappa shape index (κ3) is 11.2. The molecule has 0 aliphatic carbocycles. The van der Waals surface area contributed by atoms with Crippen LogP contribution in [0.25, 0.3) is 0 Å². The van der Waals surface area contributed by atoms with Gasteiger partial charge in [0, 0.05) is 0 Å². The minimum absolute atomic E-state index is 0. The van der Waals surface area contributed by atoms with Gasteiger partial charge in [-0.3, -0.25) is 0 Å². The molecule has 0 unspecified atom stereocenters. The monoisotopic (exact) mass is 271 g/mol. The molecule has 0 rings (SSSR count). The van der Waals surface area contributed by atoms with E-state index in [1.54, 1.807) is 20.8 Å². The van der Waals surface area contributed by atoms with Gasteiger partial charge in [-0.15, -0.1) is 0 Å². The molecule has 17 heavy (non-hydrogen) atoms. The second-order valence-corrected chi connectivity index (χ2v) is 5.17. The molecule has 96 valence electrons. The summed E-state index contributed by atoms with van der Waals surface area (Å²) in [6.07, 6.45) is -0.310. The number of rotatable bonds is 4. The van der Waals surface area contributed by atoms with Gasteiger partial charge < -0.3 is 16.6 Å². The first-order valence-corrected chi connectivity index (χ1v) is 5.34. The van der Waals surface area contributed by atoms with Crippen LogP contribution in [0.4, 0.5) is 4.79 Å². The molecule has 0 fully saturated rings. The average molecular weight is 271 g/mol. The summed E-state index contributed by atoms with van der Waals surface area (Å²) in [6, 6.07) is -0.894. The van der Waals surface area contributed by atoms with Crippen molar-refractivity contribution in [2.75, 3.05) is 0 Å². The van der Waals surface area contributed by atoms with Gasteiger partial charge in [0.25, 0.3) is 0 Å². The van der Waals surface area contributed by atoms with Crippen molar-refractivity contribution < 1.29 is 72.2 Å². The summed E-state index contributed by atoms with van der Waals surface area (Å²) in [4.78, 5) is 22.2. The van der Waals surface area contributed by atoms with Crippen LogP contribution in [0, 0.1) is 5.92 Å². The number of carbonyl (C=O) groups excluding carboxylic acids is 1. The van der Waals surface area contributed by atoms with Gasteiger partial charge in [-0.05, 0) is 33.1 Å². The fraction of sp³-hybridized carbons (Fsp3) is 0.818. The molecule has 0 aromatic carbocycles. The standard InChI is InChI=1S/C11H21NO4.K.H/c1-7(2)6-8(9(13)14)12-10(15)16-11(3,4)5;;/h7-8H,6H2,1-5H3,(H,12,15)(H,13,14);;/q;+1;-1/t8-;;/m0../s1. The predicted molar refractivity (Wildman–Crippen MR) is 61.4 cm³/mol. The summed E-state index contributed by atoms with van der Waals surface area (Å²) in [6.45, 7) is 8.97. The minimum atomic E-state index is -1.04. The van der Waals surface area contributed by atoms with Gasteiger partial charge in [0.1, 0.15) is 11.6 Å². The maximum absolute atomic E-state index is 11.4. The zero-order chi connectivity index (χ0) is 12.9. The summed E-state index contributed by atoms with van der Waals surface area (Å²) in [5.41, 5.74) is -0.620. The zero-order valence-electron chi connectivity index (χ0n) is 12.5. The third-order valence-corrected chi connectivity index (χ3v) is 1.70. The molecule has 0 bridgehead atoms. The summed E-state index contributed by atoms with van der Waals surface area (Å²) in [7, 11) is 0. The van der Waals surface area contributed by atoms with Crippen LogP contribution in [0.3, 0.4) is 0 Å². The van der Waals surface area contributed by atoms with E-state index in [0.29, 0.717) is 6.42 Å². The van der Waals surface area contributed by atoms with E-state index in [4.69, 9.17) is 9.84 Å². The molecule has 1 amide bonds. The van der Waals surface area contributed by atoms with Gasteiger partial charge in [0.2, 0.25) is 0 Å². The maximum Gasteiger partial charge on any atom is 1.00 e. The summed E-state index contributed by atoms with van der Waals surface area (Å²) in [5, 5.41) is 11.2. The SMILES string of the molecule is CC(C)C[C@H](NC(=O)OC(C)(C)C)C(=O)O.[H-].[K+]. The van der Waals surface area contributed by atoms with Gasteiger partial charge >= 0.3 is 63.4 Å². The topological polar surface area (TPSA) is 75.6 Å². The Balaban J connectivity index is -0.00000112.